The second-order valence-electron chi connectivity index (χ2n) is 4.03. The maximum atomic E-state index is 10.9. The summed E-state index contributed by atoms with van der Waals surface area (Å²) in [5, 5.41) is 10.9. The molecule has 0 aliphatic carbocycles. The van der Waals surface area contributed by atoms with Gasteiger partial charge in [0.2, 0.25) is 0 Å². The number of halogens is 1. The molecule has 0 amide bonds. The minimum atomic E-state index is -0.420. The van der Waals surface area contributed by atoms with E-state index in [2.05, 4.69) is 25.9 Å². The van der Waals surface area contributed by atoms with Gasteiger partial charge in [0.15, 0.2) is 0 Å². The predicted octanol–water partition coefficient (Wildman–Crippen LogP) is 3.90. The van der Waals surface area contributed by atoms with Crippen LogP contribution in [0.25, 0.3) is 22.4 Å². The van der Waals surface area contributed by atoms with E-state index in [4.69, 9.17) is 0 Å². The number of nitrogens with zero attached hydrogens (tertiary/aromatic N) is 2. The van der Waals surface area contributed by atoms with Gasteiger partial charge in [0.25, 0.3) is 5.69 Å². The van der Waals surface area contributed by atoms with Crippen LogP contribution < -0.4 is 0 Å². The molecule has 94 valence electrons. The summed E-state index contributed by atoms with van der Waals surface area (Å²) in [6.07, 6.45) is 0. The zero-order valence-corrected chi connectivity index (χ0v) is 11.2. The quantitative estimate of drug-likeness (QED) is 0.575. The van der Waals surface area contributed by atoms with Crippen molar-refractivity contribution in [2.24, 2.45) is 0 Å². The van der Waals surface area contributed by atoms with Crippen LogP contribution in [0.2, 0.25) is 0 Å². The molecule has 0 atom stereocenters. The van der Waals surface area contributed by atoms with Gasteiger partial charge in [-0.25, -0.2) is 4.98 Å². The first-order valence-electron chi connectivity index (χ1n) is 5.54. The molecule has 0 saturated carbocycles. The van der Waals surface area contributed by atoms with E-state index in [1.54, 1.807) is 12.1 Å². The standard InChI is InChI=1S/C13H8BrN3O2/c14-9-6-5-8(7-12(9)17(18)19)13-15-10-3-1-2-4-11(10)16-13/h1-7H,(H,15,16). The van der Waals surface area contributed by atoms with Crippen LogP contribution in [0.3, 0.4) is 0 Å². The van der Waals surface area contributed by atoms with Crippen molar-refractivity contribution in [3.05, 3.63) is 57.1 Å². The molecule has 0 spiro atoms. The highest BCUT2D eigenvalue weighted by Crippen LogP contribution is 2.30. The van der Waals surface area contributed by atoms with Crippen LogP contribution in [0.5, 0.6) is 0 Å². The van der Waals surface area contributed by atoms with E-state index in [1.165, 1.54) is 6.07 Å². The number of aromatic amines is 1. The molecule has 19 heavy (non-hydrogen) atoms. The number of nitro groups is 1. The monoisotopic (exact) mass is 317 g/mol. The highest BCUT2D eigenvalue weighted by Gasteiger charge is 2.14. The lowest BCUT2D eigenvalue weighted by Gasteiger charge is -1.99. The van der Waals surface area contributed by atoms with Crippen LogP contribution in [0.15, 0.2) is 46.9 Å². The fourth-order valence-corrected chi connectivity index (χ4v) is 2.28. The van der Waals surface area contributed by atoms with E-state index in [9.17, 15) is 10.1 Å². The summed E-state index contributed by atoms with van der Waals surface area (Å²) in [5.41, 5.74) is 2.45. The largest absolute Gasteiger partial charge is 0.338 e. The van der Waals surface area contributed by atoms with E-state index >= 15 is 0 Å². The third kappa shape index (κ3) is 2.10. The lowest BCUT2D eigenvalue weighted by molar-refractivity contribution is -0.385. The number of para-hydroxylation sites is 2. The van der Waals surface area contributed by atoms with E-state index in [1.807, 2.05) is 24.3 Å². The number of aromatic nitrogens is 2. The van der Waals surface area contributed by atoms with Crippen molar-refractivity contribution in [3.63, 3.8) is 0 Å². The van der Waals surface area contributed by atoms with Gasteiger partial charge in [-0.05, 0) is 40.2 Å². The number of rotatable bonds is 2. The first-order valence-corrected chi connectivity index (χ1v) is 6.33. The zero-order valence-electron chi connectivity index (χ0n) is 9.63. The fraction of sp³-hybridized carbons (Fsp3) is 0. The molecular formula is C13H8BrN3O2. The Morgan fingerprint density at radius 2 is 2.00 bits per heavy atom. The normalized spacial score (nSPS) is 10.8. The van der Waals surface area contributed by atoms with Gasteiger partial charge in [-0.3, -0.25) is 10.1 Å². The van der Waals surface area contributed by atoms with Gasteiger partial charge < -0.3 is 4.98 Å². The molecule has 0 fully saturated rings. The summed E-state index contributed by atoms with van der Waals surface area (Å²) in [6, 6.07) is 12.6. The van der Waals surface area contributed by atoms with Crippen LogP contribution in [0.1, 0.15) is 0 Å². The molecule has 1 N–H and O–H groups in total. The van der Waals surface area contributed by atoms with Crippen molar-refractivity contribution in [3.8, 4) is 11.4 Å². The van der Waals surface area contributed by atoms with Crippen molar-refractivity contribution < 1.29 is 4.92 Å². The fourth-order valence-electron chi connectivity index (χ4n) is 1.89. The van der Waals surface area contributed by atoms with Gasteiger partial charge in [0.1, 0.15) is 5.82 Å². The second kappa shape index (κ2) is 4.47. The Balaban J connectivity index is 2.16. The summed E-state index contributed by atoms with van der Waals surface area (Å²) < 4.78 is 0.456. The third-order valence-electron chi connectivity index (χ3n) is 2.81. The average Bonchev–Trinajstić information content (AvgIpc) is 2.82. The van der Waals surface area contributed by atoms with Crippen molar-refractivity contribution in [1.82, 2.24) is 9.97 Å². The number of nitrogens with one attached hydrogen (secondary N) is 1. The summed E-state index contributed by atoms with van der Waals surface area (Å²) >= 11 is 3.17. The number of hydrogen-bond donors (Lipinski definition) is 1. The maximum Gasteiger partial charge on any atom is 0.284 e. The number of imidazole rings is 1. The Bertz CT molecular complexity index is 749. The van der Waals surface area contributed by atoms with Gasteiger partial charge >= 0.3 is 0 Å². The van der Waals surface area contributed by atoms with Crippen LogP contribution in [-0.4, -0.2) is 14.9 Å². The van der Waals surface area contributed by atoms with Crippen LogP contribution in [-0.2, 0) is 0 Å². The zero-order chi connectivity index (χ0) is 13.4. The molecular weight excluding hydrogens is 310 g/mol. The average molecular weight is 318 g/mol. The smallest absolute Gasteiger partial charge is 0.284 e. The molecule has 2 aromatic carbocycles. The summed E-state index contributed by atoms with van der Waals surface area (Å²) in [7, 11) is 0. The summed E-state index contributed by atoms with van der Waals surface area (Å²) in [4.78, 5) is 18.1. The minimum Gasteiger partial charge on any atom is -0.338 e. The molecule has 6 heteroatoms. The van der Waals surface area contributed by atoms with Crippen LogP contribution in [0, 0.1) is 10.1 Å². The maximum absolute atomic E-state index is 10.9. The van der Waals surface area contributed by atoms with Gasteiger partial charge in [0.05, 0.1) is 20.4 Å². The molecule has 1 heterocycles. The van der Waals surface area contributed by atoms with Crippen molar-refractivity contribution in [2.45, 2.75) is 0 Å². The number of fused-ring (bicyclic) bond motifs is 1. The van der Waals surface area contributed by atoms with E-state index in [0.717, 1.165) is 11.0 Å². The first kappa shape index (κ1) is 11.9. The highest BCUT2D eigenvalue weighted by atomic mass is 79.9. The van der Waals surface area contributed by atoms with Gasteiger partial charge in [-0.15, -0.1) is 0 Å². The first-order chi connectivity index (χ1) is 9.15. The Labute approximate surface area is 116 Å². The van der Waals surface area contributed by atoms with Gasteiger partial charge in [0, 0.05) is 11.6 Å². The molecule has 3 rings (SSSR count). The third-order valence-corrected chi connectivity index (χ3v) is 3.48. The topological polar surface area (TPSA) is 71.8 Å². The lowest BCUT2D eigenvalue weighted by atomic mass is 10.2. The molecule has 1 aromatic heterocycles. The molecule has 5 nitrogen and oxygen atoms in total. The molecule has 3 aromatic rings. The van der Waals surface area contributed by atoms with Crippen LogP contribution >= 0.6 is 15.9 Å². The minimum absolute atomic E-state index is 0.0259. The van der Waals surface area contributed by atoms with Gasteiger partial charge in [-0.1, -0.05) is 12.1 Å². The Kier molecular flexibility index (Phi) is 2.79. The van der Waals surface area contributed by atoms with E-state index in [0.29, 0.717) is 15.9 Å². The van der Waals surface area contributed by atoms with Crippen molar-refractivity contribution in [2.75, 3.05) is 0 Å². The molecule has 0 unspecified atom stereocenters. The molecule has 0 saturated heterocycles. The summed E-state index contributed by atoms with van der Waals surface area (Å²) in [6.45, 7) is 0. The number of nitro benzene ring substituents is 1. The number of hydrogen-bond acceptors (Lipinski definition) is 3. The highest BCUT2D eigenvalue weighted by molar-refractivity contribution is 9.10. The van der Waals surface area contributed by atoms with Crippen molar-refractivity contribution in [1.29, 1.82) is 0 Å². The molecule has 0 bridgehead atoms. The Morgan fingerprint density at radius 3 is 2.74 bits per heavy atom. The summed E-state index contributed by atoms with van der Waals surface area (Å²) in [5.74, 6) is 0.622. The SMILES string of the molecule is O=[N+]([O-])c1cc(-c2nc3ccccc3[nH]2)ccc1Br. The molecule has 0 aliphatic rings. The van der Waals surface area contributed by atoms with E-state index in [-0.39, 0.29) is 5.69 Å². The molecule has 0 aliphatic heterocycles. The van der Waals surface area contributed by atoms with Gasteiger partial charge in [-0.2, -0.15) is 0 Å². The van der Waals surface area contributed by atoms with Crippen molar-refractivity contribution >= 4 is 32.7 Å². The number of benzene rings is 2. The number of H-pyrrole nitrogens is 1. The lowest BCUT2D eigenvalue weighted by Crippen LogP contribution is -1.90. The Morgan fingerprint density at radius 1 is 1.21 bits per heavy atom. The van der Waals surface area contributed by atoms with E-state index < -0.39 is 4.92 Å². The molecule has 0 radical (unpaired) electrons. The predicted molar refractivity (Wildman–Crippen MR) is 75.9 cm³/mol. The Hall–Kier alpha value is -2.21. The second-order valence-corrected chi connectivity index (χ2v) is 4.88. The van der Waals surface area contributed by atoms with Crippen LogP contribution in [0.4, 0.5) is 5.69 Å².